The van der Waals surface area contributed by atoms with Crippen molar-refractivity contribution < 1.29 is 57.2 Å². The molecule has 0 saturated heterocycles. The van der Waals surface area contributed by atoms with Crippen molar-refractivity contribution in [3.63, 3.8) is 0 Å². The molecule has 106 heavy (non-hydrogen) atoms. The second kappa shape index (κ2) is 53.7. The molecule has 7 saturated carbocycles. The predicted molar refractivity (Wildman–Crippen MR) is 469 cm³/mol. The van der Waals surface area contributed by atoms with Crippen LogP contribution in [-0.4, -0.2) is 69.4 Å². The van der Waals surface area contributed by atoms with Gasteiger partial charge in [-0.1, -0.05) is 191 Å². The van der Waals surface area contributed by atoms with Crippen LogP contribution in [0.2, 0.25) is 0 Å². The highest BCUT2D eigenvalue weighted by Gasteiger charge is 2.61. The normalized spacial score (nSPS) is 20.6. The maximum Gasteiger partial charge on any atom is 0.312 e. The van der Waals surface area contributed by atoms with Crippen LogP contribution in [0.25, 0.3) is 0 Å². The number of hydrogen-bond acceptors (Lipinski definition) is 12. The van der Waals surface area contributed by atoms with Crippen molar-refractivity contribution in [2.75, 3.05) is 0 Å². The van der Waals surface area contributed by atoms with Gasteiger partial charge in [-0.3, -0.25) is 28.8 Å². The van der Waals surface area contributed by atoms with E-state index in [9.17, 15) is 28.8 Å². The molecule has 0 atom stereocenters. The predicted octanol–water partition coefficient (Wildman–Crippen LogP) is 30.5. The summed E-state index contributed by atoms with van der Waals surface area (Å²) in [5.74, 6) is 3.67. The summed E-state index contributed by atoms with van der Waals surface area (Å²) in [6, 6.07) is 0. The molecule has 0 aromatic heterocycles. The van der Waals surface area contributed by atoms with E-state index in [1.807, 2.05) is 159 Å². The summed E-state index contributed by atoms with van der Waals surface area (Å²) in [5, 5.41) is 0. The molecule has 648 valence electrons. The average molecular weight is 1520 g/mol. The maximum absolute atomic E-state index is 12.8. The third kappa shape index (κ3) is 38.8. The van der Waals surface area contributed by atoms with E-state index < -0.39 is 0 Å². The van der Waals surface area contributed by atoms with E-state index in [1.165, 1.54) is 89.9 Å². The molecule has 4 bridgehead atoms. The van der Waals surface area contributed by atoms with Crippen LogP contribution in [0.15, 0.2) is 0 Å². The number of carbonyl (C=O) groups is 6. The highest BCUT2D eigenvalue weighted by atomic mass is 16.6. The zero-order valence-corrected chi connectivity index (χ0v) is 67.2. The molecule has 0 radical (unpaired) electrons. The van der Waals surface area contributed by atoms with Crippen LogP contribution >= 0.6 is 0 Å². The molecular formula is C94H200O12. The van der Waals surface area contributed by atoms with E-state index in [0.717, 1.165) is 102 Å². The van der Waals surface area contributed by atoms with Gasteiger partial charge in [0.15, 0.2) is 0 Å². The fourth-order valence-electron chi connectivity index (χ4n) is 13.3. The molecule has 7 rings (SSSR count). The van der Waals surface area contributed by atoms with Crippen LogP contribution in [0.4, 0.5) is 0 Å². The van der Waals surface area contributed by atoms with Crippen LogP contribution in [-0.2, 0) is 57.2 Å². The van der Waals surface area contributed by atoms with E-state index in [-0.39, 0.29) is 191 Å². The first kappa shape index (κ1) is 129. The second-order valence-electron chi connectivity index (χ2n) is 36.2. The first-order valence-corrected chi connectivity index (χ1v) is 38.3. The monoisotopic (exact) mass is 1520 g/mol. The number of ether oxygens (including phenoxy) is 6. The number of rotatable bonds is 21. The van der Waals surface area contributed by atoms with Gasteiger partial charge in [-0.05, 0) is 321 Å². The summed E-state index contributed by atoms with van der Waals surface area (Å²) in [4.78, 5) is 72.2. The van der Waals surface area contributed by atoms with Crippen LogP contribution in [0, 0.1) is 68.0 Å². The summed E-state index contributed by atoms with van der Waals surface area (Å²) < 4.78 is 34.5. The summed E-state index contributed by atoms with van der Waals surface area (Å²) in [6.45, 7) is 60.4. The van der Waals surface area contributed by atoms with Crippen LogP contribution in [0.5, 0.6) is 0 Å². The Hall–Kier alpha value is -3.18. The van der Waals surface area contributed by atoms with E-state index in [0.29, 0.717) is 23.7 Å². The Labute approximate surface area is 667 Å². The highest BCUT2D eigenvalue weighted by molar-refractivity contribution is 5.78. The van der Waals surface area contributed by atoms with Crippen molar-refractivity contribution in [2.45, 2.75) is 510 Å². The zero-order chi connectivity index (χ0) is 73.0. The van der Waals surface area contributed by atoms with E-state index in [1.54, 1.807) is 0 Å². The summed E-state index contributed by atoms with van der Waals surface area (Å²) in [6.07, 6.45) is 30.7. The Morgan fingerprint density at radius 2 is 0.594 bits per heavy atom. The molecular weight excluding hydrogens is 1320 g/mol. The highest BCUT2D eigenvalue weighted by Crippen LogP contribution is 2.62. The molecule has 7 aliphatic rings. The Bertz CT molecular complexity index is 2280. The minimum atomic E-state index is -0.372. The Morgan fingerprint density at radius 3 is 0.877 bits per heavy atom. The van der Waals surface area contributed by atoms with E-state index in [2.05, 4.69) is 48.5 Å². The molecule has 12 heteroatoms. The van der Waals surface area contributed by atoms with Crippen molar-refractivity contribution >= 4 is 35.8 Å². The van der Waals surface area contributed by atoms with Gasteiger partial charge in [0, 0.05) is 0 Å². The molecule has 0 unspecified atom stereocenters. The van der Waals surface area contributed by atoms with Crippen molar-refractivity contribution in [1.29, 1.82) is 0 Å². The lowest BCUT2D eigenvalue weighted by molar-refractivity contribution is -0.231. The molecule has 0 spiro atoms. The third-order valence-corrected chi connectivity index (χ3v) is 23.8. The molecule has 12 nitrogen and oxygen atoms in total. The van der Waals surface area contributed by atoms with E-state index >= 15 is 0 Å². The largest absolute Gasteiger partial charge is 0.460 e. The Morgan fingerprint density at radius 1 is 0.321 bits per heavy atom. The molecule has 7 fully saturated rings. The van der Waals surface area contributed by atoms with Gasteiger partial charge in [0.25, 0.3) is 0 Å². The lowest BCUT2D eigenvalue weighted by Crippen LogP contribution is -2.63. The Kier molecular flexibility index (Phi) is 65.5. The first-order chi connectivity index (χ1) is 42.9. The van der Waals surface area contributed by atoms with Crippen LogP contribution in [0.1, 0.15) is 477 Å². The van der Waals surface area contributed by atoms with Crippen molar-refractivity contribution in [3.8, 4) is 0 Å². The molecule has 0 aromatic carbocycles. The zero-order valence-electron chi connectivity index (χ0n) is 67.2. The third-order valence-electron chi connectivity index (χ3n) is 23.8. The fraction of sp³-hybridized carbons (Fsp3) is 0.936. The summed E-state index contributed by atoms with van der Waals surface area (Å²) in [5.41, 5.74) is -3.48. The van der Waals surface area contributed by atoms with Gasteiger partial charge in [0.05, 0.1) is 32.5 Å². The summed E-state index contributed by atoms with van der Waals surface area (Å²) >= 11 is 0. The van der Waals surface area contributed by atoms with Gasteiger partial charge in [0.2, 0.25) is 0 Å². The Balaban J connectivity index is -0.0000000987. The molecule has 0 amide bonds. The van der Waals surface area contributed by atoms with Crippen LogP contribution < -0.4 is 0 Å². The van der Waals surface area contributed by atoms with Crippen molar-refractivity contribution in [2.24, 2.45) is 68.0 Å². The van der Waals surface area contributed by atoms with Gasteiger partial charge in [0.1, 0.15) is 33.6 Å². The van der Waals surface area contributed by atoms with Crippen LogP contribution in [0.3, 0.4) is 0 Å². The van der Waals surface area contributed by atoms with Gasteiger partial charge >= 0.3 is 35.8 Å². The molecule has 0 aromatic rings. The topological polar surface area (TPSA) is 158 Å². The first-order valence-electron chi connectivity index (χ1n) is 38.3. The van der Waals surface area contributed by atoms with Gasteiger partial charge in [-0.2, -0.15) is 0 Å². The van der Waals surface area contributed by atoms with Crippen molar-refractivity contribution in [3.05, 3.63) is 0 Å². The fourth-order valence-corrected chi connectivity index (χ4v) is 13.3. The number of esters is 6. The minimum absolute atomic E-state index is 0. The number of carbonyl (C=O) groups excluding carboxylic acids is 6. The maximum atomic E-state index is 12.8. The van der Waals surface area contributed by atoms with Gasteiger partial charge in [-0.25, -0.2) is 0 Å². The molecule has 0 aliphatic heterocycles. The number of hydrogen-bond donors (Lipinski definition) is 0. The quantitative estimate of drug-likeness (QED) is 0.0792. The lowest BCUT2D eigenvalue weighted by Gasteiger charge is -2.62. The summed E-state index contributed by atoms with van der Waals surface area (Å²) in [7, 11) is 0. The minimum Gasteiger partial charge on any atom is -0.460 e. The van der Waals surface area contributed by atoms with Gasteiger partial charge < -0.3 is 28.4 Å². The standard InChI is InChI=1S/C19H32O2.C15H28O2.C14H26O2.C13H24O2.C11H22O2.C10H20O2.12CH4/c1-6-18(4,5)17(20)21-19(12(2)3)15-8-13-7-14(10-15)11-16(19)9-13;1-6-14(4,5)13(16)17-15(12(2)3)10-8-7-9-11-15;1-5-13(3,4)12(15)16-14(6-2)10-8-7-9-11-14;1-5-12(2,3)11(14)15-13(4)9-7-6-8-10-13;1-7-10(3,4)9(12)13-11(5,6)8-2;1-7-10(5,6)8(11)12-9(2,3)4;;;;;;;;;;;;/h12-16H,6-11H2,1-5H3;12H,6-11H2,1-5H3;5-11H2,1-4H3;5-10H2,1-4H3;7-8H2,1-6H3;7H2,1-6H3;12*1H4. The molecule has 0 heterocycles. The average Bonchev–Trinajstić information content (AvgIpc) is 0.718. The van der Waals surface area contributed by atoms with E-state index in [4.69, 9.17) is 28.4 Å². The van der Waals surface area contributed by atoms with Gasteiger partial charge in [-0.15, -0.1) is 0 Å². The SMILES string of the molecule is C.C.C.C.C.C.C.C.C.C.C.C.CCC(C)(C)C(=O)OC(C)(C)C.CCC(C)(C)C(=O)OC1(C(C)C)C2CC3CC(C2)CC1C3.CCC(C)(C)C(=O)OC1(C(C)C)CCCCC1.CCC(C)(C)C(=O)OC1(C)CCCCC1.CCC(C)(C)OC(=O)C(C)(C)CC.CCC1(OC(=O)C(C)(C)CC)CCCCC1. The van der Waals surface area contributed by atoms with Crippen molar-refractivity contribution in [1.82, 2.24) is 0 Å². The smallest absolute Gasteiger partial charge is 0.312 e. The molecule has 0 N–H and O–H groups in total. The second-order valence-corrected chi connectivity index (χ2v) is 36.2. The molecule has 7 aliphatic carbocycles. The lowest BCUT2D eigenvalue weighted by atomic mass is 9.47.